The quantitative estimate of drug-likeness (QED) is 0.0103. The molecule has 27 nitrogen and oxygen atoms in total. The first kappa shape index (κ1) is 108. The molecule has 0 aliphatic heterocycles. The Hall–Kier alpha value is -12.4. The zero-order valence-electron chi connectivity index (χ0n) is 64.0. The lowest BCUT2D eigenvalue weighted by Gasteiger charge is -2.11. The molecule has 0 unspecified atom stereocenters. The van der Waals surface area contributed by atoms with E-state index < -0.39 is 307 Å². The zero-order valence-corrected chi connectivity index (χ0v) is 71.4. The van der Waals surface area contributed by atoms with Crippen molar-refractivity contribution >= 4 is 108 Å². The Bertz CT molecular complexity index is 7690. The summed E-state index contributed by atoms with van der Waals surface area (Å²) in [7, 11) is -42.7. The minimum atomic E-state index is -5.33. The van der Waals surface area contributed by atoms with Gasteiger partial charge < -0.3 is 0 Å². The van der Waals surface area contributed by atoms with Crippen LogP contribution in [0.1, 0.15) is 58.9 Å². The average Bonchev–Trinajstić information content (AvgIpc) is 0.750. The minimum absolute atomic E-state index is 0.120. The molecule has 0 atom stereocenters. The fraction of sp³-hybridized carbons (Fsp3) is 0.0260. The summed E-state index contributed by atoms with van der Waals surface area (Å²) in [5.41, 5.74) is -3.89. The van der Waals surface area contributed by atoms with Crippen molar-refractivity contribution in [1.82, 2.24) is 0 Å². The van der Waals surface area contributed by atoms with E-state index in [-0.39, 0.29) is 46.5 Å². The highest BCUT2D eigenvalue weighted by molar-refractivity contribution is 7.93. The van der Waals surface area contributed by atoms with Crippen molar-refractivity contribution in [3.63, 3.8) is 0 Å². The smallest absolute Gasteiger partial charge is 0.288 e. The molecule has 12 aromatic carbocycles. The van der Waals surface area contributed by atoms with Crippen molar-refractivity contribution in [2.45, 2.75) is 60.5 Å². The van der Waals surface area contributed by atoms with E-state index in [1.807, 2.05) is 0 Å². The fourth-order valence-corrected chi connectivity index (χ4v) is 19.3. The third-order valence-corrected chi connectivity index (χ3v) is 27.4. The normalized spacial score (nSPS) is 11.9. The van der Waals surface area contributed by atoms with Crippen LogP contribution in [0, 0.1) is 116 Å². The number of benzene rings is 12. The van der Waals surface area contributed by atoms with Crippen molar-refractivity contribution in [3.05, 3.63) is 367 Å². The third-order valence-electron chi connectivity index (χ3n) is 16.6. The van der Waals surface area contributed by atoms with E-state index in [4.69, 9.17) is 27.3 Å². The molecule has 6 N–H and O–H groups in total. The van der Waals surface area contributed by atoms with Gasteiger partial charge in [0.25, 0.3) is 60.7 Å². The van der Waals surface area contributed by atoms with E-state index in [1.54, 1.807) is 0 Å². The Kier molecular flexibility index (Phi) is 33.8. The summed E-state index contributed by atoms with van der Waals surface area (Å²) < 4.78 is 525. The lowest BCUT2D eigenvalue weighted by molar-refractivity contribution is 0.102. The van der Waals surface area contributed by atoms with Gasteiger partial charge in [0.2, 0.25) is 9.84 Å². The van der Waals surface area contributed by atoms with Crippen LogP contribution in [0.25, 0.3) is 0 Å². The number of ketones is 3. The van der Waals surface area contributed by atoms with E-state index in [0.29, 0.717) is 42.5 Å². The molecule has 0 fully saturated rings. The fourth-order valence-electron chi connectivity index (χ4n) is 10.7. The Balaban J connectivity index is 0.000000218. The maximum atomic E-state index is 13.7. The number of carbonyl (C=O) groups excluding carboxylic acids is 3. The molecule has 0 radical (unpaired) electrons. The van der Waals surface area contributed by atoms with Gasteiger partial charge in [-0.25, -0.2) is 113 Å². The van der Waals surface area contributed by atoms with Crippen molar-refractivity contribution in [3.8, 4) is 0 Å². The summed E-state index contributed by atoms with van der Waals surface area (Å²) in [6.45, 7) is 0. The van der Waals surface area contributed by atoms with Gasteiger partial charge in [-0.05, 0) is 126 Å². The van der Waals surface area contributed by atoms with Crippen molar-refractivity contribution in [2.24, 2.45) is 0 Å². The van der Waals surface area contributed by atoms with Gasteiger partial charge in [-0.2, -0.15) is 50.5 Å². The Morgan fingerprint density at radius 1 is 0.233 bits per heavy atom. The number of hydrogen-bond acceptors (Lipinski definition) is 21. The zero-order chi connectivity index (χ0) is 101. The first-order chi connectivity index (χ1) is 61.1. The second-order valence-electron chi connectivity index (χ2n) is 25.6. The molecule has 0 saturated carbocycles. The molecule has 0 aliphatic rings. The number of halogens is 20. The van der Waals surface area contributed by atoms with Crippen LogP contribution < -0.4 is 0 Å². The lowest BCUT2D eigenvalue weighted by atomic mass is 10.0. The summed E-state index contributed by atoms with van der Waals surface area (Å²) in [5.74, 6) is -39.9. The molecule has 0 bridgehead atoms. The predicted octanol–water partition coefficient (Wildman–Crippen LogP) is 14.9. The molecule has 12 rings (SSSR count). The largest absolute Gasteiger partial charge is 0.295 e. The molecule has 0 saturated heterocycles. The van der Waals surface area contributed by atoms with Crippen LogP contribution in [0.2, 0.25) is 0 Å². The van der Waals surface area contributed by atoms with Gasteiger partial charge in [-0.1, -0.05) is 54.6 Å². The predicted molar refractivity (Wildman–Crippen MR) is 413 cm³/mol. The van der Waals surface area contributed by atoms with Crippen molar-refractivity contribution in [2.75, 3.05) is 0 Å². The van der Waals surface area contributed by atoms with Gasteiger partial charge in [-0.3, -0.25) is 41.7 Å². The van der Waals surface area contributed by atoms with E-state index in [9.17, 15) is 178 Å². The highest BCUT2D eigenvalue weighted by Crippen LogP contribution is 2.35. The second-order valence-corrected chi connectivity index (χ2v) is 39.7. The summed E-state index contributed by atoms with van der Waals surface area (Å²) >= 11 is 0. The van der Waals surface area contributed by atoms with Gasteiger partial charge in [-0.15, -0.1) is 0 Å². The van der Waals surface area contributed by atoms with Gasteiger partial charge in [0, 0.05) is 53.1 Å². The monoisotopic (exact) mass is 2070 g/mol. The molecule has 0 spiro atoms. The first-order valence-electron chi connectivity index (χ1n) is 34.0. The molecule has 0 aromatic heterocycles. The van der Waals surface area contributed by atoms with Crippen molar-refractivity contribution in [1.29, 1.82) is 0 Å². The average molecular weight is 2070 g/mol. The summed E-state index contributed by atoms with van der Waals surface area (Å²) in [6.07, 6.45) is 0. The highest BCUT2D eigenvalue weighted by Gasteiger charge is 2.37. The van der Waals surface area contributed by atoms with Crippen LogP contribution in [-0.4, -0.2) is 120 Å². The van der Waals surface area contributed by atoms with Crippen LogP contribution >= 0.6 is 0 Å². The Morgan fingerprint density at radius 3 is 0.932 bits per heavy atom. The molecular weight excluding hydrogens is 2030 g/mol. The van der Waals surface area contributed by atoms with Crippen LogP contribution in [-0.2, 0) is 102 Å². The van der Waals surface area contributed by atoms with Crippen LogP contribution in [0.15, 0.2) is 255 Å². The number of carbonyl (C=O) groups is 3. The van der Waals surface area contributed by atoms with Crippen LogP contribution in [0.3, 0.4) is 0 Å². The van der Waals surface area contributed by atoms with Crippen LogP contribution in [0.5, 0.6) is 0 Å². The highest BCUT2D eigenvalue weighted by atomic mass is 32.2. The van der Waals surface area contributed by atoms with Gasteiger partial charge >= 0.3 is 0 Å². The third kappa shape index (κ3) is 26.3. The van der Waals surface area contributed by atoms with Crippen LogP contribution in [0.4, 0.5) is 87.8 Å². The molecule has 56 heteroatoms. The molecule has 708 valence electrons. The van der Waals surface area contributed by atoms with Gasteiger partial charge in [0.1, 0.15) is 59.4 Å². The maximum absolute atomic E-state index is 13.7. The Labute approximate surface area is 735 Å². The Morgan fingerprint density at radius 2 is 0.549 bits per heavy atom. The lowest BCUT2D eigenvalue weighted by Crippen LogP contribution is -2.14. The molecule has 0 amide bonds. The maximum Gasteiger partial charge on any atom is 0.295 e. The van der Waals surface area contributed by atoms with E-state index >= 15 is 0 Å². The molecular formula is C77H44F20O27S9. The van der Waals surface area contributed by atoms with Gasteiger partial charge in [0.05, 0.1) is 52.7 Å². The SMILES string of the molecule is O=C(c1ccc(S(=O)(=O)O)cc1)c1c(F)cc(F)cc1F.O=C(c1ccc(S(=O)(=O)O)cc1)c1ccc(F)c(F)c1F.O=C(c1ccccc1S(=O)(=O)O)c1ccc(F)c(F)c1F.O=S(=O)(O)c1ccc(CS(=O)(=O)c2c(F)c(F)cc(F)c2F)cc1.O=S(=O)(O)c1ccccc1CS(=O)(=O)c1c(F)cc(F)cc1F.O=S(=O)(O)c1ccccc1S(=O)(=O)c1c(F)c(F)cc(F)c1F. The summed E-state index contributed by atoms with van der Waals surface area (Å²) in [6, 6.07) is 27.0. The molecule has 0 heterocycles. The summed E-state index contributed by atoms with van der Waals surface area (Å²) in [5, 5.41) is 0. The standard InChI is InChI=1S/C13H8F4O5S2.C13H9F3O5S2.3C13H7F3O4S.C12H6F4O5S2/c14-9-5-10(15)12(17)13(11(9)16)23(18,19)6-7-1-3-8(4-2-7)24(20,21)22;14-9-5-10(15)13(11(16)6-9)22(17,18)7-8-3-1-2-4-12(8)23(19,20)21;14-8-5-10(15)12(11(16)6-8)13(17)7-1-3-9(4-2-7)21(18,19)20;14-10-6-5-9(11(15)12(10)16)13(17)7-1-3-8(4-2-7)21(18,19)20;14-9-6-5-8(11(15)12(9)16)13(17)7-3-1-2-4-10(7)21(18,19)20;13-6-5-7(14)11(16)12(10(6)15)22(17,18)8-3-1-2-4-9(8)23(19,20)21/h1-5H,6H2,(H,20,21,22);1-6H,7H2,(H,19,20,21);3*1-6H,(H,18,19,20);1-5H,(H,19,20,21). The summed E-state index contributed by atoms with van der Waals surface area (Å²) in [4.78, 5) is 25.5. The number of hydrogen-bond donors (Lipinski definition) is 6. The molecule has 133 heavy (non-hydrogen) atoms. The number of sulfone groups is 3. The topological polar surface area (TPSA) is 480 Å². The number of rotatable bonds is 20. The second kappa shape index (κ2) is 41.8. The first-order valence-corrected chi connectivity index (χ1v) is 47.5. The van der Waals surface area contributed by atoms with E-state index in [0.717, 1.165) is 115 Å². The van der Waals surface area contributed by atoms with Crippen molar-refractivity contribution < 1.29 is 205 Å². The van der Waals surface area contributed by atoms with Gasteiger partial charge in [0.15, 0.2) is 118 Å². The minimum Gasteiger partial charge on any atom is -0.288 e. The van der Waals surface area contributed by atoms with E-state index in [1.165, 1.54) is 24.3 Å². The molecule has 12 aromatic rings. The van der Waals surface area contributed by atoms with E-state index in [2.05, 4.69) is 0 Å². The molecule has 0 aliphatic carbocycles.